The van der Waals surface area contributed by atoms with Crippen LogP contribution in [0.4, 0.5) is 0 Å². The van der Waals surface area contributed by atoms with Gasteiger partial charge in [-0.2, -0.15) is 0 Å². The predicted molar refractivity (Wildman–Crippen MR) is 59.0 cm³/mol. The largest absolute Gasteiger partial charge is 0.382 e. The van der Waals surface area contributed by atoms with Gasteiger partial charge in [-0.25, -0.2) is 4.98 Å². The first-order chi connectivity index (χ1) is 7.72. The van der Waals surface area contributed by atoms with Gasteiger partial charge in [0.1, 0.15) is 11.3 Å². The van der Waals surface area contributed by atoms with Gasteiger partial charge in [-0.1, -0.05) is 25.7 Å². The number of carbonyl (C=O) groups is 1. The zero-order chi connectivity index (χ0) is 11.4. The van der Waals surface area contributed by atoms with Crippen LogP contribution in [0.15, 0.2) is 18.6 Å². The SMILES string of the molecule is O=C(c1cnccn1)C1(O)CCCCCC1. The van der Waals surface area contributed by atoms with Crippen molar-refractivity contribution in [1.82, 2.24) is 9.97 Å². The van der Waals surface area contributed by atoms with Crippen molar-refractivity contribution >= 4 is 5.78 Å². The molecule has 1 aliphatic rings. The smallest absolute Gasteiger partial charge is 0.214 e. The second-order valence-electron chi connectivity index (χ2n) is 4.37. The van der Waals surface area contributed by atoms with Crippen molar-refractivity contribution in [2.75, 3.05) is 0 Å². The summed E-state index contributed by atoms with van der Waals surface area (Å²) in [6, 6.07) is 0. The Hall–Kier alpha value is -1.29. The number of Topliss-reactive ketones (excluding diaryl/α,β-unsaturated/α-hetero) is 1. The molecule has 1 N–H and O–H groups in total. The summed E-state index contributed by atoms with van der Waals surface area (Å²) in [5, 5.41) is 10.4. The van der Waals surface area contributed by atoms with Gasteiger partial charge in [0.25, 0.3) is 0 Å². The molecule has 4 heteroatoms. The molecule has 0 saturated heterocycles. The zero-order valence-corrected chi connectivity index (χ0v) is 9.22. The molecule has 0 bridgehead atoms. The van der Waals surface area contributed by atoms with Crippen LogP contribution in [0.2, 0.25) is 0 Å². The Morgan fingerprint density at radius 1 is 1.19 bits per heavy atom. The fourth-order valence-electron chi connectivity index (χ4n) is 2.20. The number of rotatable bonds is 2. The van der Waals surface area contributed by atoms with Gasteiger partial charge < -0.3 is 5.11 Å². The van der Waals surface area contributed by atoms with Crippen LogP contribution in [0.5, 0.6) is 0 Å². The van der Waals surface area contributed by atoms with Crippen molar-refractivity contribution in [1.29, 1.82) is 0 Å². The van der Waals surface area contributed by atoms with Crippen LogP contribution in [0, 0.1) is 0 Å². The summed E-state index contributed by atoms with van der Waals surface area (Å²) in [5.74, 6) is -0.275. The van der Waals surface area contributed by atoms with E-state index in [4.69, 9.17) is 0 Å². The summed E-state index contributed by atoms with van der Waals surface area (Å²) >= 11 is 0. The molecule has 0 unspecified atom stereocenters. The molecule has 16 heavy (non-hydrogen) atoms. The van der Waals surface area contributed by atoms with E-state index in [2.05, 4.69) is 9.97 Å². The number of aromatic nitrogens is 2. The molecule has 1 aliphatic carbocycles. The molecule has 2 rings (SSSR count). The Balaban J connectivity index is 2.19. The number of aliphatic hydroxyl groups is 1. The Labute approximate surface area is 94.7 Å². The van der Waals surface area contributed by atoms with Gasteiger partial charge in [0.05, 0.1) is 6.20 Å². The Morgan fingerprint density at radius 3 is 2.44 bits per heavy atom. The van der Waals surface area contributed by atoms with Crippen LogP contribution >= 0.6 is 0 Å². The fraction of sp³-hybridized carbons (Fsp3) is 0.583. The molecule has 0 spiro atoms. The van der Waals surface area contributed by atoms with E-state index in [9.17, 15) is 9.90 Å². The van der Waals surface area contributed by atoms with Crippen LogP contribution < -0.4 is 0 Å². The highest BCUT2D eigenvalue weighted by Gasteiger charge is 2.37. The van der Waals surface area contributed by atoms with Gasteiger partial charge in [0.2, 0.25) is 5.78 Å². The van der Waals surface area contributed by atoms with Crippen molar-refractivity contribution < 1.29 is 9.90 Å². The topological polar surface area (TPSA) is 63.1 Å². The van der Waals surface area contributed by atoms with E-state index in [1.807, 2.05) is 0 Å². The van der Waals surface area contributed by atoms with E-state index in [-0.39, 0.29) is 11.5 Å². The van der Waals surface area contributed by atoms with Gasteiger partial charge in [0.15, 0.2) is 0 Å². The highest BCUT2D eigenvalue weighted by atomic mass is 16.3. The lowest BCUT2D eigenvalue weighted by Crippen LogP contribution is -2.38. The molecular formula is C12H16N2O2. The molecule has 1 saturated carbocycles. The minimum Gasteiger partial charge on any atom is -0.382 e. The molecule has 0 amide bonds. The van der Waals surface area contributed by atoms with Crippen LogP contribution in [-0.4, -0.2) is 26.5 Å². The monoisotopic (exact) mass is 220 g/mol. The van der Waals surface area contributed by atoms with Crippen LogP contribution in [-0.2, 0) is 0 Å². The van der Waals surface area contributed by atoms with Gasteiger partial charge in [0, 0.05) is 12.4 Å². The quantitative estimate of drug-likeness (QED) is 0.609. The maximum atomic E-state index is 12.1. The van der Waals surface area contributed by atoms with Crippen molar-refractivity contribution in [2.45, 2.75) is 44.1 Å². The Kier molecular flexibility index (Phi) is 3.29. The van der Waals surface area contributed by atoms with Crippen molar-refractivity contribution in [3.63, 3.8) is 0 Å². The fourth-order valence-corrected chi connectivity index (χ4v) is 2.20. The second kappa shape index (κ2) is 4.70. The highest BCUT2D eigenvalue weighted by Crippen LogP contribution is 2.29. The molecule has 1 aromatic heterocycles. The lowest BCUT2D eigenvalue weighted by atomic mass is 9.88. The summed E-state index contributed by atoms with van der Waals surface area (Å²) in [6.07, 6.45) is 9.51. The standard InChI is InChI=1S/C12H16N2O2/c15-11(10-9-13-7-8-14-10)12(16)5-3-1-2-4-6-12/h7-9,16H,1-6H2. The van der Waals surface area contributed by atoms with E-state index in [1.54, 1.807) is 0 Å². The molecule has 1 aromatic rings. The molecule has 86 valence electrons. The van der Waals surface area contributed by atoms with Gasteiger partial charge in [-0.3, -0.25) is 9.78 Å². The number of nitrogens with zero attached hydrogens (tertiary/aromatic N) is 2. The van der Waals surface area contributed by atoms with Crippen LogP contribution in [0.1, 0.15) is 49.0 Å². The van der Waals surface area contributed by atoms with Crippen molar-refractivity contribution in [3.05, 3.63) is 24.3 Å². The summed E-state index contributed by atoms with van der Waals surface area (Å²) in [5.41, 5.74) is -0.945. The van der Waals surface area contributed by atoms with E-state index >= 15 is 0 Å². The first-order valence-electron chi connectivity index (χ1n) is 5.76. The lowest BCUT2D eigenvalue weighted by Gasteiger charge is -2.24. The third-order valence-corrected chi connectivity index (χ3v) is 3.15. The Bertz CT molecular complexity index is 357. The second-order valence-corrected chi connectivity index (χ2v) is 4.37. The maximum Gasteiger partial charge on any atom is 0.214 e. The number of carbonyl (C=O) groups excluding carboxylic acids is 1. The third kappa shape index (κ3) is 2.27. The third-order valence-electron chi connectivity index (χ3n) is 3.15. The molecule has 0 aliphatic heterocycles. The maximum absolute atomic E-state index is 12.1. The molecule has 1 fully saturated rings. The number of ketones is 1. The van der Waals surface area contributed by atoms with Crippen molar-refractivity contribution in [3.8, 4) is 0 Å². The van der Waals surface area contributed by atoms with Crippen LogP contribution in [0.25, 0.3) is 0 Å². The minimum absolute atomic E-state index is 0.270. The van der Waals surface area contributed by atoms with Gasteiger partial charge >= 0.3 is 0 Å². The molecule has 0 aromatic carbocycles. The average Bonchev–Trinajstić information content (AvgIpc) is 2.55. The van der Waals surface area contributed by atoms with Gasteiger partial charge in [-0.15, -0.1) is 0 Å². The first kappa shape index (κ1) is 11.2. The molecule has 4 nitrogen and oxygen atoms in total. The summed E-state index contributed by atoms with van der Waals surface area (Å²) in [7, 11) is 0. The number of hydrogen-bond acceptors (Lipinski definition) is 4. The molecular weight excluding hydrogens is 204 g/mol. The molecule has 1 heterocycles. The van der Waals surface area contributed by atoms with Crippen LogP contribution in [0.3, 0.4) is 0 Å². The van der Waals surface area contributed by atoms with E-state index < -0.39 is 5.60 Å². The van der Waals surface area contributed by atoms with E-state index in [0.29, 0.717) is 12.8 Å². The zero-order valence-electron chi connectivity index (χ0n) is 9.22. The first-order valence-corrected chi connectivity index (χ1v) is 5.76. The Morgan fingerprint density at radius 2 is 1.88 bits per heavy atom. The summed E-state index contributed by atoms with van der Waals surface area (Å²) in [4.78, 5) is 19.9. The highest BCUT2D eigenvalue weighted by molar-refractivity contribution is 6.00. The minimum atomic E-state index is -1.22. The van der Waals surface area contributed by atoms with Crippen molar-refractivity contribution in [2.24, 2.45) is 0 Å². The summed E-state index contributed by atoms with van der Waals surface area (Å²) in [6.45, 7) is 0. The molecule has 0 atom stereocenters. The average molecular weight is 220 g/mol. The normalized spacial score (nSPS) is 20.1. The van der Waals surface area contributed by atoms with E-state index in [1.165, 1.54) is 18.6 Å². The lowest BCUT2D eigenvalue weighted by molar-refractivity contribution is 0.0232. The predicted octanol–water partition coefficient (Wildman–Crippen LogP) is 1.74. The van der Waals surface area contributed by atoms with E-state index in [0.717, 1.165) is 25.7 Å². The van der Waals surface area contributed by atoms with Gasteiger partial charge in [-0.05, 0) is 12.8 Å². The number of hydrogen-bond donors (Lipinski definition) is 1. The summed E-state index contributed by atoms with van der Waals surface area (Å²) < 4.78 is 0. The molecule has 0 radical (unpaired) electrons.